The third kappa shape index (κ3) is 7.75. The Morgan fingerprint density at radius 3 is 2.22 bits per heavy atom. The molecule has 5 rings (SSSR count). The number of aliphatic imine (C=N–C) groups is 1. The van der Waals surface area contributed by atoms with Crippen LogP contribution in [0.3, 0.4) is 0 Å². The van der Waals surface area contributed by atoms with Gasteiger partial charge in [0.2, 0.25) is 5.90 Å². The van der Waals surface area contributed by atoms with Crippen LogP contribution in [0.25, 0.3) is 0 Å². The van der Waals surface area contributed by atoms with Crippen molar-refractivity contribution in [3.05, 3.63) is 126 Å². The SMILES string of the molecule is COc1ccc(CCNC(=O)[C@]2(CCS(=O)(=O)c3ccccc3)N=C(c3ccc(OCCCO)cc3)O[C@@H]2c2ccccc2)cc1. The van der Waals surface area contributed by atoms with E-state index in [1.165, 1.54) is 0 Å². The Kier molecular flexibility index (Phi) is 10.7. The van der Waals surface area contributed by atoms with E-state index in [2.05, 4.69) is 5.32 Å². The lowest BCUT2D eigenvalue weighted by molar-refractivity contribution is -0.129. The molecule has 0 aromatic heterocycles. The maximum atomic E-state index is 14.3. The highest BCUT2D eigenvalue weighted by Crippen LogP contribution is 2.43. The van der Waals surface area contributed by atoms with Gasteiger partial charge >= 0.3 is 0 Å². The number of methoxy groups -OCH3 is 1. The van der Waals surface area contributed by atoms with E-state index in [1.807, 2.05) is 54.6 Å². The molecule has 1 amide bonds. The summed E-state index contributed by atoms with van der Waals surface area (Å²) >= 11 is 0. The lowest BCUT2D eigenvalue weighted by Gasteiger charge is -2.30. The number of sulfone groups is 1. The van der Waals surface area contributed by atoms with Crippen molar-refractivity contribution in [2.75, 3.05) is 32.6 Å². The summed E-state index contributed by atoms with van der Waals surface area (Å²) in [5.41, 5.74) is 0.755. The van der Waals surface area contributed by atoms with Crippen molar-refractivity contribution < 1.29 is 32.5 Å². The number of rotatable bonds is 15. The number of ether oxygens (including phenoxy) is 3. The summed E-state index contributed by atoms with van der Waals surface area (Å²) in [4.78, 5) is 19.4. The molecule has 46 heavy (non-hydrogen) atoms. The number of nitrogens with one attached hydrogen (secondary N) is 1. The molecule has 1 aliphatic heterocycles. The number of hydrogen-bond acceptors (Lipinski definition) is 8. The molecule has 0 aliphatic carbocycles. The van der Waals surface area contributed by atoms with Gasteiger partial charge < -0.3 is 24.6 Å². The number of carbonyl (C=O) groups is 1. The normalized spacial score (nSPS) is 17.5. The largest absolute Gasteiger partial charge is 0.497 e. The molecule has 0 fully saturated rings. The number of carbonyl (C=O) groups excluding carboxylic acids is 1. The number of benzene rings is 4. The first-order valence-electron chi connectivity index (χ1n) is 15.2. The first kappa shape index (κ1) is 32.7. The van der Waals surface area contributed by atoms with E-state index >= 15 is 0 Å². The molecule has 1 heterocycles. The van der Waals surface area contributed by atoms with Gasteiger partial charge in [0.25, 0.3) is 5.91 Å². The van der Waals surface area contributed by atoms with Crippen LogP contribution in [-0.4, -0.2) is 63.5 Å². The van der Waals surface area contributed by atoms with Crippen molar-refractivity contribution in [3.8, 4) is 11.5 Å². The second kappa shape index (κ2) is 15.1. The summed E-state index contributed by atoms with van der Waals surface area (Å²) in [6, 6.07) is 32.2. The van der Waals surface area contributed by atoms with Gasteiger partial charge in [-0.2, -0.15) is 0 Å². The average molecular weight is 643 g/mol. The van der Waals surface area contributed by atoms with Gasteiger partial charge in [-0.05, 0) is 66.1 Å². The summed E-state index contributed by atoms with van der Waals surface area (Å²) in [5.74, 6) is 0.859. The monoisotopic (exact) mass is 642 g/mol. The van der Waals surface area contributed by atoms with Crippen LogP contribution < -0.4 is 14.8 Å². The molecule has 0 radical (unpaired) electrons. The van der Waals surface area contributed by atoms with Crippen LogP contribution in [-0.2, 0) is 25.8 Å². The van der Waals surface area contributed by atoms with E-state index in [0.29, 0.717) is 42.9 Å². The summed E-state index contributed by atoms with van der Waals surface area (Å²) in [6.07, 6.45) is 0.0814. The van der Waals surface area contributed by atoms with E-state index in [1.54, 1.807) is 61.7 Å². The van der Waals surface area contributed by atoms with Crippen molar-refractivity contribution in [3.63, 3.8) is 0 Å². The zero-order chi connectivity index (χ0) is 32.4. The van der Waals surface area contributed by atoms with Crippen molar-refractivity contribution in [2.45, 2.75) is 35.8 Å². The molecule has 4 aromatic rings. The molecular weight excluding hydrogens is 604 g/mol. The fourth-order valence-corrected chi connectivity index (χ4v) is 6.69. The van der Waals surface area contributed by atoms with Gasteiger partial charge in [0.15, 0.2) is 21.5 Å². The summed E-state index contributed by atoms with van der Waals surface area (Å²) in [5, 5.41) is 12.1. The van der Waals surface area contributed by atoms with Gasteiger partial charge in [0.05, 0.1) is 24.4 Å². The maximum Gasteiger partial charge on any atom is 0.252 e. The van der Waals surface area contributed by atoms with Crippen LogP contribution in [0.2, 0.25) is 0 Å². The fraction of sp³-hybridized carbons (Fsp3) is 0.278. The number of amides is 1. The van der Waals surface area contributed by atoms with E-state index < -0.39 is 27.4 Å². The molecular formula is C36H38N2O7S. The van der Waals surface area contributed by atoms with Crippen LogP contribution >= 0.6 is 0 Å². The van der Waals surface area contributed by atoms with Crippen molar-refractivity contribution in [1.29, 1.82) is 0 Å². The maximum absolute atomic E-state index is 14.3. The summed E-state index contributed by atoms with van der Waals surface area (Å²) in [6.45, 7) is 0.720. The highest BCUT2D eigenvalue weighted by molar-refractivity contribution is 7.91. The van der Waals surface area contributed by atoms with Gasteiger partial charge in [-0.1, -0.05) is 60.7 Å². The molecule has 2 N–H and O–H groups in total. The molecule has 0 bridgehead atoms. The Morgan fingerprint density at radius 1 is 0.913 bits per heavy atom. The number of nitrogens with zero attached hydrogens (tertiary/aromatic N) is 1. The minimum absolute atomic E-state index is 0.0356. The molecule has 10 heteroatoms. The lowest BCUT2D eigenvalue weighted by atomic mass is 9.85. The van der Waals surface area contributed by atoms with Crippen LogP contribution in [0, 0.1) is 0 Å². The van der Waals surface area contributed by atoms with E-state index in [-0.39, 0.29) is 29.6 Å². The molecule has 4 aromatic carbocycles. The van der Waals surface area contributed by atoms with E-state index in [9.17, 15) is 13.2 Å². The van der Waals surface area contributed by atoms with Gasteiger partial charge in [0.1, 0.15) is 11.5 Å². The predicted molar refractivity (Wildman–Crippen MR) is 176 cm³/mol. The Bertz CT molecular complexity index is 1710. The fourth-order valence-electron chi connectivity index (χ4n) is 5.30. The quantitative estimate of drug-likeness (QED) is 0.176. The predicted octanol–water partition coefficient (Wildman–Crippen LogP) is 4.94. The molecule has 240 valence electrons. The van der Waals surface area contributed by atoms with Crippen LogP contribution in [0.5, 0.6) is 11.5 Å². The molecule has 0 saturated heterocycles. The zero-order valence-corrected chi connectivity index (χ0v) is 26.5. The van der Waals surface area contributed by atoms with Gasteiger partial charge in [0, 0.05) is 31.6 Å². The summed E-state index contributed by atoms with van der Waals surface area (Å²) < 4.78 is 44.4. The first-order valence-corrected chi connectivity index (χ1v) is 16.8. The Morgan fingerprint density at radius 2 is 1.57 bits per heavy atom. The van der Waals surface area contributed by atoms with E-state index in [4.69, 9.17) is 24.3 Å². The minimum Gasteiger partial charge on any atom is -0.497 e. The van der Waals surface area contributed by atoms with Crippen molar-refractivity contribution in [1.82, 2.24) is 5.32 Å². The first-order chi connectivity index (χ1) is 22.3. The van der Waals surface area contributed by atoms with Crippen molar-refractivity contribution in [2.24, 2.45) is 4.99 Å². The molecule has 2 atom stereocenters. The lowest BCUT2D eigenvalue weighted by Crippen LogP contribution is -2.49. The van der Waals surface area contributed by atoms with Gasteiger partial charge in [-0.3, -0.25) is 4.79 Å². The number of hydrogen-bond donors (Lipinski definition) is 2. The van der Waals surface area contributed by atoms with Crippen molar-refractivity contribution >= 4 is 21.6 Å². The van der Waals surface area contributed by atoms with Gasteiger partial charge in [-0.25, -0.2) is 13.4 Å². The molecule has 1 aliphatic rings. The van der Waals surface area contributed by atoms with Crippen LogP contribution in [0.15, 0.2) is 119 Å². The Labute approximate surface area is 269 Å². The molecule has 9 nitrogen and oxygen atoms in total. The third-order valence-corrected chi connectivity index (χ3v) is 9.58. The van der Waals surface area contributed by atoms with E-state index in [0.717, 1.165) is 11.3 Å². The third-order valence-electron chi connectivity index (χ3n) is 7.84. The Hall–Kier alpha value is -4.67. The Balaban J connectivity index is 1.48. The second-order valence-corrected chi connectivity index (χ2v) is 13.0. The second-order valence-electron chi connectivity index (χ2n) is 10.9. The molecule has 0 unspecified atom stereocenters. The number of aliphatic hydroxyl groups is 1. The topological polar surface area (TPSA) is 124 Å². The zero-order valence-electron chi connectivity index (χ0n) is 25.7. The summed E-state index contributed by atoms with van der Waals surface area (Å²) in [7, 11) is -2.14. The molecule has 0 spiro atoms. The average Bonchev–Trinajstić information content (AvgIpc) is 3.50. The molecule has 0 saturated carbocycles. The minimum atomic E-state index is -3.75. The standard InChI is InChI=1S/C36H38N2O7S/c1-43-30-17-13-27(14-18-30)21-23-37-35(40)36(22-26-46(41,42)32-11-6-3-7-12-32)33(28-9-4-2-5-10-28)45-34(38-36)29-15-19-31(20-16-29)44-25-8-24-39/h2-7,9-20,33,39H,8,21-26H2,1H3,(H,37,40)/t33-,36-/m1/s1. The van der Waals surface area contributed by atoms with Crippen LogP contribution in [0.1, 0.15) is 35.6 Å². The van der Waals surface area contributed by atoms with Gasteiger partial charge in [-0.15, -0.1) is 0 Å². The highest BCUT2D eigenvalue weighted by Gasteiger charge is 2.53. The smallest absolute Gasteiger partial charge is 0.252 e. The highest BCUT2D eigenvalue weighted by atomic mass is 32.2. The number of aliphatic hydroxyl groups excluding tert-OH is 1. The van der Waals surface area contributed by atoms with Crippen LogP contribution in [0.4, 0.5) is 0 Å².